The van der Waals surface area contributed by atoms with E-state index >= 15 is 0 Å². The van der Waals surface area contributed by atoms with Gasteiger partial charge in [-0.3, -0.25) is 4.79 Å². The number of carbonyl (C=O) groups excluding carboxylic acids is 1. The maximum atomic E-state index is 10.5. The van der Waals surface area contributed by atoms with Crippen LogP contribution in [0.4, 0.5) is 0 Å². The van der Waals surface area contributed by atoms with Gasteiger partial charge in [-0.15, -0.1) is 0 Å². The molecule has 17 heavy (non-hydrogen) atoms. The maximum absolute atomic E-state index is 10.5. The predicted molar refractivity (Wildman–Crippen MR) is 68.1 cm³/mol. The zero-order chi connectivity index (χ0) is 12.3. The normalized spacial score (nSPS) is 10.0. The Balaban J connectivity index is 2.19. The summed E-state index contributed by atoms with van der Waals surface area (Å²) in [6.45, 7) is 1.92. The molecule has 2 aromatic rings. The number of hydrogen-bond donors (Lipinski definition) is 0. The Hall–Kier alpha value is -1.80. The lowest BCUT2D eigenvalue weighted by molar-refractivity contribution is 0.112. The molecule has 0 spiro atoms. The van der Waals surface area contributed by atoms with E-state index in [9.17, 15) is 4.79 Å². The van der Waals surface area contributed by atoms with Gasteiger partial charge in [0.15, 0.2) is 0 Å². The number of halogens is 1. The van der Waals surface area contributed by atoms with Crippen molar-refractivity contribution in [3.8, 4) is 11.5 Å². The van der Waals surface area contributed by atoms with Gasteiger partial charge in [-0.05, 0) is 55.0 Å². The lowest BCUT2D eigenvalue weighted by Crippen LogP contribution is -1.86. The molecule has 0 aromatic heterocycles. The molecule has 0 heterocycles. The summed E-state index contributed by atoms with van der Waals surface area (Å²) in [5, 5.41) is 0.716. The first-order valence-corrected chi connectivity index (χ1v) is 5.56. The van der Waals surface area contributed by atoms with Crippen molar-refractivity contribution in [2.24, 2.45) is 0 Å². The number of ether oxygens (including phenoxy) is 1. The highest BCUT2D eigenvalue weighted by atomic mass is 35.5. The summed E-state index contributed by atoms with van der Waals surface area (Å²) in [5.41, 5.74) is 1.60. The largest absolute Gasteiger partial charge is 0.457 e. The van der Waals surface area contributed by atoms with Gasteiger partial charge in [-0.2, -0.15) is 0 Å². The van der Waals surface area contributed by atoms with Crippen molar-refractivity contribution in [1.29, 1.82) is 0 Å². The molecule has 86 valence electrons. The minimum atomic E-state index is 0.629. The maximum Gasteiger partial charge on any atom is 0.150 e. The molecular weight excluding hydrogens is 236 g/mol. The first-order chi connectivity index (χ1) is 8.19. The number of hydrogen-bond acceptors (Lipinski definition) is 2. The van der Waals surface area contributed by atoms with Gasteiger partial charge < -0.3 is 4.74 Å². The first kappa shape index (κ1) is 11.7. The highest BCUT2D eigenvalue weighted by Crippen LogP contribution is 2.25. The van der Waals surface area contributed by atoms with Crippen molar-refractivity contribution >= 4 is 17.9 Å². The Morgan fingerprint density at radius 1 is 1.06 bits per heavy atom. The second kappa shape index (κ2) is 5.02. The lowest BCUT2D eigenvalue weighted by Gasteiger charge is -2.07. The Morgan fingerprint density at radius 2 is 1.71 bits per heavy atom. The minimum Gasteiger partial charge on any atom is -0.457 e. The van der Waals surface area contributed by atoms with Crippen molar-refractivity contribution in [3.63, 3.8) is 0 Å². The van der Waals surface area contributed by atoms with Gasteiger partial charge in [-0.25, -0.2) is 0 Å². The van der Waals surface area contributed by atoms with Crippen LogP contribution in [0.1, 0.15) is 15.9 Å². The van der Waals surface area contributed by atoms with Crippen LogP contribution in [-0.4, -0.2) is 6.29 Å². The molecule has 0 fully saturated rings. The molecule has 0 unspecified atom stereocenters. The topological polar surface area (TPSA) is 26.3 Å². The summed E-state index contributed by atoms with van der Waals surface area (Å²) in [7, 11) is 0. The second-order valence-electron chi connectivity index (χ2n) is 3.70. The van der Waals surface area contributed by atoms with Crippen LogP contribution in [-0.2, 0) is 0 Å². The van der Waals surface area contributed by atoms with E-state index in [0.717, 1.165) is 17.6 Å². The van der Waals surface area contributed by atoms with E-state index < -0.39 is 0 Å². The van der Waals surface area contributed by atoms with Crippen molar-refractivity contribution in [2.45, 2.75) is 6.92 Å². The zero-order valence-electron chi connectivity index (χ0n) is 9.31. The number of aryl methyl sites for hydroxylation is 1. The molecule has 0 radical (unpaired) electrons. The summed E-state index contributed by atoms with van der Waals surface area (Å²) in [6, 6.07) is 12.4. The highest BCUT2D eigenvalue weighted by molar-refractivity contribution is 6.31. The van der Waals surface area contributed by atoms with Gasteiger partial charge in [0.2, 0.25) is 0 Å². The van der Waals surface area contributed by atoms with Crippen molar-refractivity contribution in [2.75, 3.05) is 0 Å². The summed E-state index contributed by atoms with van der Waals surface area (Å²) in [5.74, 6) is 1.42. The van der Waals surface area contributed by atoms with Crippen LogP contribution in [0, 0.1) is 6.92 Å². The van der Waals surface area contributed by atoms with E-state index in [4.69, 9.17) is 16.3 Å². The van der Waals surface area contributed by atoms with Crippen LogP contribution in [0.5, 0.6) is 11.5 Å². The third-order valence-electron chi connectivity index (χ3n) is 2.38. The molecule has 0 saturated carbocycles. The van der Waals surface area contributed by atoms with Crippen molar-refractivity contribution < 1.29 is 9.53 Å². The van der Waals surface area contributed by atoms with Crippen LogP contribution in [0.15, 0.2) is 42.5 Å². The molecule has 0 atom stereocenters. The third kappa shape index (κ3) is 2.86. The van der Waals surface area contributed by atoms with E-state index in [1.165, 1.54) is 0 Å². The average Bonchev–Trinajstić information content (AvgIpc) is 2.35. The van der Waals surface area contributed by atoms with E-state index in [-0.39, 0.29) is 0 Å². The van der Waals surface area contributed by atoms with Crippen molar-refractivity contribution in [1.82, 2.24) is 0 Å². The van der Waals surface area contributed by atoms with Gasteiger partial charge in [0, 0.05) is 10.6 Å². The van der Waals surface area contributed by atoms with Crippen LogP contribution < -0.4 is 4.74 Å². The van der Waals surface area contributed by atoms with Crippen LogP contribution >= 0.6 is 11.6 Å². The molecule has 0 aliphatic heterocycles. The molecule has 3 heteroatoms. The number of rotatable bonds is 3. The molecule has 0 aliphatic rings. The van der Waals surface area contributed by atoms with Crippen LogP contribution in [0.2, 0.25) is 5.02 Å². The fraction of sp³-hybridized carbons (Fsp3) is 0.0714. The van der Waals surface area contributed by atoms with Gasteiger partial charge in [0.25, 0.3) is 0 Å². The summed E-state index contributed by atoms with van der Waals surface area (Å²) in [6.07, 6.45) is 0.802. The number of carbonyl (C=O) groups is 1. The summed E-state index contributed by atoms with van der Waals surface area (Å²) >= 11 is 5.93. The fourth-order valence-corrected chi connectivity index (χ4v) is 1.55. The van der Waals surface area contributed by atoms with Crippen LogP contribution in [0.25, 0.3) is 0 Å². The molecule has 2 nitrogen and oxygen atoms in total. The van der Waals surface area contributed by atoms with Gasteiger partial charge >= 0.3 is 0 Å². The first-order valence-electron chi connectivity index (χ1n) is 5.18. The summed E-state index contributed by atoms with van der Waals surface area (Å²) < 4.78 is 5.64. The molecule has 0 N–H and O–H groups in total. The predicted octanol–water partition coefficient (Wildman–Crippen LogP) is 4.25. The molecular formula is C14H11ClO2. The standard InChI is InChI=1S/C14H11ClO2/c1-10-8-13(6-7-14(10)15)17-12-4-2-11(9-16)3-5-12/h2-9H,1H3. The van der Waals surface area contributed by atoms with E-state index in [2.05, 4.69) is 0 Å². The molecule has 0 aliphatic carbocycles. The van der Waals surface area contributed by atoms with Gasteiger partial charge in [0.1, 0.15) is 17.8 Å². The Morgan fingerprint density at radius 3 is 2.29 bits per heavy atom. The molecule has 2 rings (SSSR count). The smallest absolute Gasteiger partial charge is 0.150 e. The molecule has 2 aromatic carbocycles. The third-order valence-corrected chi connectivity index (χ3v) is 2.81. The average molecular weight is 247 g/mol. The highest BCUT2D eigenvalue weighted by Gasteiger charge is 2.00. The minimum absolute atomic E-state index is 0.629. The Bertz CT molecular complexity index is 532. The molecule has 0 saturated heterocycles. The molecule has 0 amide bonds. The number of aldehydes is 1. The quantitative estimate of drug-likeness (QED) is 0.757. The van der Waals surface area contributed by atoms with Crippen LogP contribution in [0.3, 0.4) is 0 Å². The number of benzene rings is 2. The lowest BCUT2D eigenvalue weighted by atomic mass is 10.2. The fourth-order valence-electron chi connectivity index (χ4n) is 1.43. The second-order valence-corrected chi connectivity index (χ2v) is 4.11. The molecule has 0 bridgehead atoms. The van der Waals surface area contributed by atoms with E-state index in [1.807, 2.05) is 19.1 Å². The Labute approximate surface area is 105 Å². The van der Waals surface area contributed by atoms with Gasteiger partial charge in [0.05, 0.1) is 0 Å². The van der Waals surface area contributed by atoms with Gasteiger partial charge in [-0.1, -0.05) is 11.6 Å². The van der Waals surface area contributed by atoms with E-state index in [0.29, 0.717) is 16.3 Å². The summed E-state index contributed by atoms with van der Waals surface area (Å²) in [4.78, 5) is 10.5. The van der Waals surface area contributed by atoms with E-state index in [1.54, 1.807) is 30.3 Å². The monoisotopic (exact) mass is 246 g/mol. The Kier molecular flexibility index (Phi) is 3.45. The SMILES string of the molecule is Cc1cc(Oc2ccc(C=O)cc2)ccc1Cl. The van der Waals surface area contributed by atoms with Crippen molar-refractivity contribution in [3.05, 3.63) is 58.6 Å². The zero-order valence-corrected chi connectivity index (χ0v) is 10.1.